The SMILES string of the molecule is Cc1ccc(C(C)Nc2cc(C#N)ccc2Cl)s1. The summed E-state index contributed by atoms with van der Waals surface area (Å²) < 4.78 is 0. The van der Waals surface area contributed by atoms with E-state index in [0.717, 1.165) is 5.69 Å². The summed E-state index contributed by atoms with van der Waals surface area (Å²) in [5, 5.41) is 12.9. The second-order valence-corrected chi connectivity index (χ2v) is 5.85. The van der Waals surface area contributed by atoms with Gasteiger partial charge in [0.1, 0.15) is 0 Å². The largest absolute Gasteiger partial charge is 0.376 e. The van der Waals surface area contributed by atoms with Gasteiger partial charge in [0, 0.05) is 9.75 Å². The highest BCUT2D eigenvalue weighted by molar-refractivity contribution is 7.12. The van der Waals surface area contributed by atoms with Crippen LogP contribution in [0.5, 0.6) is 0 Å². The van der Waals surface area contributed by atoms with Crippen molar-refractivity contribution in [3.8, 4) is 6.07 Å². The maximum absolute atomic E-state index is 8.89. The van der Waals surface area contributed by atoms with Crippen molar-refractivity contribution >= 4 is 28.6 Å². The standard InChI is InChI=1S/C14H13ClN2S/c1-9-3-6-14(18-9)10(2)17-13-7-11(8-16)4-5-12(13)15/h3-7,10,17H,1-2H3. The van der Waals surface area contributed by atoms with Crippen LogP contribution >= 0.6 is 22.9 Å². The molecule has 18 heavy (non-hydrogen) atoms. The molecule has 1 aromatic carbocycles. The summed E-state index contributed by atoms with van der Waals surface area (Å²) in [5.41, 5.74) is 1.41. The van der Waals surface area contributed by atoms with Crippen molar-refractivity contribution in [2.75, 3.05) is 5.32 Å². The van der Waals surface area contributed by atoms with Crippen molar-refractivity contribution in [3.63, 3.8) is 0 Å². The Bertz CT molecular complexity index is 598. The van der Waals surface area contributed by atoms with Gasteiger partial charge in [0.2, 0.25) is 0 Å². The average Bonchev–Trinajstić information content (AvgIpc) is 2.79. The second-order valence-electron chi connectivity index (χ2n) is 4.12. The molecule has 0 radical (unpaired) electrons. The van der Waals surface area contributed by atoms with Crippen LogP contribution in [0.15, 0.2) is 30.3 Å². The fourth-order valence-electron chi connectivity index (χ4n) is 1.70. The number of hydrogen-bond acceptors (Lipinski definition) is 3. The average molecular weight is 277 g/mol. The number of rotatable bonds is 3. The number of thiophene rings is 1. The molecule has 92 valence electrons. The number of nitrogens with zero attached hydrogens (tertiary/aromatic N) is 1. The lowest BCUT2D eigenvalue weighted by atomic mass is 10.2. The van der Waals surface area contributed by atoms with E-state index in [-0.39, 0.29) is 6.04 Å². The Morgan fingerprint density at radius 2 is 2.11 bits per heavy atom. The molecule has 0 spiro atoms. The Balaban J connectivity index is 2.21. The molecule has 0 saturated heterocycles. The van der Waals surface area contributed by atoms with Crippen LogP contribution in [0.3, 0.4) is 0 Å². The van der Waals surface area contributed by atoms with Crippen LogP contribution in [-0.2, 0) is 0 Å². The molecule has 2 rings (SSSR count). The van der Waals surface area contributed by atoms with Crippen LogP contribution in [-0.4, -0.2) is 0 Å². The molecule has 1 unspecified atom stereocenters. The fourth-order valence-corrected chi connectivity index (χ4v) is 2.75. The van der Waals surface area contributed by atoms with Crippen molar-refractivity contribution in [1.82, 2.24) is 0 Å². The molecule has 0 aliphatic carbocycles. The number of nitriles is 1. The van der Waals surface area contributed by atoms with Gasteiger partial charge in [-0.1, -0.05) is 11.6 Å². The van der Waals surface area contributed by atoms with Crippen LogP contribution in [0.25, 0.3) is 0 Å². The number of hydrogen-bond donors (Lipinski definition) is 1. The molecular formula is C14H13ClN2S. The zero-order valence-electron chi connectivity index (χ0n) is 10.2. The second kappa shape index (κ2) is 5.43. The molecule has 1 heterocycles. The first kappa shape index (κ1) is 12.9. The van der Waals surface area contributed by atoms with Gasteiger partial charge >= 0.3 is 0 Å². The van der Waals surface area contributed by atoms with Gasteiger partial charge in [0.25, 0.3) is 0 Å². The number of aryl methyl sites for hydroxylation is 1. The highest BCUT2D eigenvalue weighted by Gasteiger charge is 2.10. The first-order valence-electron chi connectivity index (χ1n) is 5.62. The molecule has 4 heteroatoms. The minimum atomic E-state index is 0.176. The summed E-state index contributed by atoms with van der Waals surface area (Å²) in [7, 11) is 0. The third-order valence-electron chi connectivity index (χ3n) is 2.66. The molecule has 0 aliphatic rings. The number of anilines is 1. The zero-order chi connectivity index (χ0) is 13.1. The summed E-state index contributed by atoms with van der Waals surface area (Å²) in [6.07, 6.45) is 0. The molecule has 1 atom stereocenters. The maximum Gasteiger partial charge on any atom is 0.0992 e. The monoisotopic (exact) mass is 276 g/mol. The summed E-state index contributed by atoms with van der Waals surface area (Å²) in [4.78, 5) is 2.54. The van der Waals surface area contributed by atoms with Crippen molar-refractivity contribution in [3.05, 3.63) is 50.7 Å². The van der Waals surface area contributed by atoms with Crippen molar-refractivity contribution in [2.45, 2.75) is 19.9 Å². The summed E-state index contributed by atoms with van der Waals surface area (Å²) in [6, 6.07) is 11.7. The van der Waals surface area contributed by atoms with E-state index >= 15 is 0 Å². The molecule has 1 aromatic heterocycles. The lowest BCUT2D eigenvalue weighted by molar-refractivity contribution is 0.908. The quantitative estimate of drug-likeness (QED) is 0.878. The van der Waals surface area contributed by atoms with Crippen molar-refractivity contribution in [2.24, 2.45) is 0 Å². The summed E-state index contributed by atoms with van der Waals surface area (Å²) >= 11 is 7.88. The maximum atomic E-state index is 8.89. The third kappa shape index (κ3) is 2.84. The van der Waals surface area contributed by atoms with Crippen LogP contribution in [0.4, 0.5) is 5.69 Å². The highest BCUT2D eigenvalue weighted by Crippen LogP contribution is 2.29. The molecule has 0 fully saturated rings. The minimum Gasteiger partial charge on any atom is -0.376 e. The molecule has 2 nitrogen and oxygen atoms in total. The number of benzene rings is 1. The van der Waals surface area contributed by atoms with Gasteiger partial charge in [0.15, 0.2) is 0 Å². The lowest BCUT2D eigenvalue weighted by Gasteiger charge is -2.15. The predicted octanol–water partition coefficient (Wildman–Crippen LogP) is 4.75. The van der Waals surface area contributed by atoms with E-state index in [1.807, 2.05) is 0 Å². The van der Waals surface area contributed by atoms with Crippen LogP contribution in [0, 0.1) is 18.3 Å². The van der Waals surface area contributed by atoms with E-state index in [1.165, 1.54) is 9.75 Å². The van der Waals surface area contributed by atoms with Gasteiger partial charge < -0.3 is 5.32 Å². The topological polar surface area (TPSA) is 35.8 Å². The van der Waals surface area contributed by atoms with Crippen LogP contribution in [0.2, 0.25) is 5.02 Å². The van der Waals surface area contributed by atoms with E-state index in [2.05, 4.69) is 37.4 Å². The van der Waals surface area contributed by atoms with E-state index in [1.54, 1.807) is 29.5 Å². The van der Waals surface area contributed by atoms with E-state index in [9.17, 15) is 0 Å². The predicted molar refractivity (Wildman–Crippen MR) is 77.3 cm³/mol. The van der Waals surface area contributed by atoms with Gasteiger partial charge in [-0.2, -0.15) is 5.26 Å². The van der Waals surface area contributed by atoms with Gasteiger partial charge in [0.05, 0.1) is 28.4 Å². The highest BCUT2D eigenvalue weighted by atomic mass is 35.5. The van der Waals surface area contributed by atoms with Crippen molar-refractivity contribution in [1.29, 1.82) is 5.26 Å². The van der Waals surface area contributed by atoms with Crippen LogP contribution < -0.4 is 5.32 Å². The first-order valence-corrected chi connectivity index (χ1v) is 6.82. The van der Waals surface area contributed by atoms with Crippen LogP contribution in [0.1, 0.15) is 28.3 Å². The molecule has 0 saturated carbocycles. The van der Waals surface area contributed by atoms with Gasteiger partial charge in [-0.25, -0.2) is 0 Å². The Morgan fingerprint density at radius 1 is 1.33 bits per heavy atom. The zero-order valence-corrected chi connectivity index (χ0v) is 11.8. The van der Waals surface area contributed by atoms with Gasteiger partial charge in [-0.05, 0) is 44.2 Å². The molecule has 2 aromatic rings. The molecule has 0 bridgehead atoms. The number of nitrogens with one attached hydrogen (secondary N) is 1. The minimum absolute atomic E-state index is 0.176. The molecule has 1 N–H and O–H groups in total. The Kier molecular flexibility index (Phi) is 3.90. The van der Waals surface area contributed by atoms with E-state index in [4.69, 9.17) is 16.9 Å². The smallest absolute Gasteiger partial charge is 0.0992 e. The number of halogens is 1. The van der Waals surface area contributed by atoms with Crippen molar-refractivity contribution < 1.29 is 0 Å². The Hall–Kier alpha value is -1.50. The Labute approximate surface area is 116 Å². The first-order chi connectivity index (χ1) is 8.60. The van der Waals surface area contributed by atoms with E-state index in [0.29, 0.717) is 10.6 Å². The van der Waals surface area contributed by atoms with E-state index < -0.39 is 0 Å². The summed E-state index contributed by atoms with van der Waals surface area (Å²) in [5.74, 6) is 0. The molecule has 0 aliphatic heterocycles. The fraction of sp³-hybridized carbons (Fsp3) is 0.214. The third-order valence-corrected chi connectivity index (χ3v) is 4.17. The Morgan fingerprint density at radius 3 is 2.72 bits per heavy atom. The van der Waals surface area contributed by atoms with Gasteiger partial charge in [-0.3, -0.25) is 0 Å². The lowest BCUT2D eigenvalue weighted by Crippen LogP contribution is -2.05. The molecular weight excluding hydrogens is 264 g/mol. The molecule has 0 amide bonds. The normalized spacial score (nSPS) is 11.9. The van der Waals surface area contributed by atoms with Gasteiger partial charge in [-0.15, -0.1) is 11.3 Å². The summed E-state index contributed by atoms with van der Waals surface area (Å²) in [6.45, 7) is 4.17.